The van der Waals surface area contributed by atoms with E-state index in [2.05, 4.69) is 0 Å². The molecule has 0 N–H and O–H groups in total. The maximum Gasteiger partial charge on any atom is 0.419 e. The first-order valence-electron chi connectivity index (χ1n) is 9.23. The molecule has 0 spiro atoms. The van der Waals surface area contributed by atoms with Crippen LogP contribution in [-0.4, -0.2) is 7.11 Å². The van der Waals surface area contributed by atoms with Crippen molar-refractivity contribution in [1.29, 1.82) is 0 Å². The van der Waals surface area contributed by atoms with Gasteiger partial charge in [0, 0.05) is 23.1 Å². The standard InChI is InChI=1S/C24H13F7O/c1-32-15-10-20(26)22(21(27)11-15)14-3-5-16(19(25)9-14)12-2-6-17-13(8-12)4-7-18(23(17)28)24(29,30)31/h2-11H,1H3. The molecule has 0 amide bonds. The molecule has 0 radical (unpaired) electrons. The first-order chi connectivity index (χ1) is 15.1. The second-order valence-electron chi connectivity index (χ2n) is 7.02. The highest BCUT2D eigenvalue weighted by Crippen LogP contribution is 2.37. The van der Waals surface area contributed by atoms with Crippen LogP contribution in [0.4, 0.5) is 30.7 Å². The van der Waals surface area contributed by atoms with Crippen molar-refractivity contribution in [3.05, 3.63) is 89.5 Å². The fourth-order valence-corrected chi connectivity index (χ4v) is 3.53. The molecular formula is C24H13F7O. The Morgan fingerprint density at radius 1 is 0.688 bits per heavy atom. The lowest BCUT2D eigenvalue weighted by atomic mass is 9.96. The predicted octanol–water partition coefficient (Wildman–Crippen LogP) is 7.76. The van der Waals surface area contributed by atoms with Crippen molar-refractivity contribution < 1.29 is 35.5 Å². The molecule has 1 nitrogen and oxygen atoms in total. The molecule has 0 aliphatic rings. The predicted molar refractivity (Wildman–Crippen MR) is 106 cm³/mol. The minimum Gasteiger partial charge on any atom is -0.497 e. The van der Waals surface area contributed by atoms with Crippen LogP contribution >= 0.6 is 0 Å². The van der Waals surface area contributed by atoms with E-state index in [1.54, 1.807) is 0 Å². The van der Waals surface area contributed by atoms with Crippen LogP contribution in [-0.2, 0) is 6.18 Å². The fourth-order valence-electron chi connectivity index (χ4n) is 3.53. The molecule has 0 saturated heterocycles. The summed E-state index contributed by atoms with van der Waals surface area (Å²) in [5.41, 5.74) is -1.58. The van der Waals surface area contributed by atoms with Crippen LogP contribution in [0.3, 0.4) is 0 Å². The third kappa shape index (κ3) is 3.77. The van der Waals surface area contributed by atoms with Gasteiger partial charge < -0.3 is 4.74 Å². The monoisotopic (exact) mass is 450 g/mol. The van der Waals surface area contributed by atoms with Gasteiger partial charge in [-0.1, -0.05) is 30.3 Å². The highest BCUT2D eigenvalue weighted by molar-refractivity contribution is 5.89. The van der Waals surface area contributed by atoms with Crippen LogP contribution < -0.4 is 4.74 Å². The number of hydrogen-bond acceptors (Lipinski definition) is 1. The van der Waals surface area contributed by atoms with Crippen molar-refractivity contribution in [2.24, 2.45) is 0 Å². The number of hydrogen-bond donors (Lipinski definition) is 0. The molecule has 4 rings (SSSR count). The van der Waals surface area contributed by atoms with Crippen LogP contribution in [0.5, 0.6) is 5.75 Å². The smallest absolute Gasteiger partial charge is 0.419 e. The number of benzene rings is 4. The van der Waals surface area contributed by atoms with Gasteiger partial charge in [-0.05, 0) is 34.7 Å². The molecule has 0 heterocycles. The third-order valence-electron chi connectivity index (χ3n) is 5.08. The molecular weight excluding hydrogens is 437 g/mol. The Kier molecular flexibility index (Phi) is 5.32. The molecule has 0 unspecified atom stereocenters. The second kappa shape index (κ2) is 7.85. The van der Waals surface area contributed by atoms with Gasteiger partial charge in [-0.3, -0.25) is 0 Å². The Labute approximate surface area is 177 Å². The van der Waals surface area contributed by atoms with E-state index in [9.17, 15) is 30.7 Å². The van der Waals surface area contributed by atoms with E-state index in [1.165, 1.54) is 31.4 Å². The molecule has 0 aromatic heterocycles. The van der Waals surface area contributed by atoms with E-state index in [0.29, 0.717) is 6.07 Å². The summed E-state index contributed by atoms with van der Waals surface area (Å²) in [6.07, 6.45) is -4.84. The van der Waals surface area contributed by atoms with Crippen molar-refractivity contribution in [2.75, 3.05) is 7.11 Å². The largest absolute Gasteiger partial charge is 0.497 e. The van der Waals surface area contributed by atoms with Gasteiger partial charge in [0.25, 0.3) is 0 Å². The minimum atomic E-state index is -4.84. The van der Waals surface area contributed by atoms with Crippen molar-refractivity contribution in [1.82, 2.24) is 0 Å². The normalized spacial score (nSPS) is 11.8. The van der Waals surface area contributed by atoms with E-state index in [4.69, 9.17) is 4.74 Å². The molecule has 8 heteroatoms. The topological polar surface area (TPSA) is 9.23 Å². The summed E-state index contributed by atoms with van der Waals surface area (Å²) in [7, 11) is 1.25. The molecule has 32 heavy (non-hydrogen) atoms. The molecule has 0 saturated carbocycles. The summed E-state index contributed by atoms with van der Waals surface area (Å²) in [5, 5.41) is -0.119. The van der Waals surface area contributed by atoms with Crippen LogP contribution in [0, 0.1) is 23.3 Å². The van der Waals surface area contributed by atoms with Gasteiger partial charge in [-0.15, -0.1) is 0 Å². The highest BCUT2D eigenvalue weighted by Gasteiger charge is 2.34. The van der Waals surface area contributed by atoms with Crippen molar-refractivity contribution in [3.63, 3.8) is 0 Å². The molecule has 0 aliphatic heterocycles. The third-order valence-corrected chi connectivity index (χ3v) is 5.08. The molecule has 4 aromatic carbocycles. The molecule has 0 bridgehead atoms. The van der Waals surface area contributed by atoms with Crippen LogP contribution in [0.1, 0.15) is 5.56 Å². The Morgan fingerprint density at radius 3 is 1.94 bits per heavy atom. The second-order valence-corrected chi connectivity index (χ2v) is 7.02. The van der Waals surface area contributed by atoms with Crippen LogP contribution in [0.15, 0.2) is 60.7 Å². The average Bonchev–Trinajstić information content (AvgIpc) is 2.72. The fraction of sp³-hybridized carbons (Fsp3) is 0.0833. The summed E-state index contributed by atoms with van der Waals surface area (Å²) in [5.74, 6) is -4.13. The zero-order valence-corrected chi connectivity index (χ0v) is 16.3. The number of alkyl halides is 3. The summed E-state index contributed by atoms with van der Waals surface area (Å²) in [4.78, 5) is 0. The number of methoxy groups -OCH3 is 1. The Balaban J connectivity index is 1.77. The van der Waals surface area contributed by atoms with Gasteiger partial charge in [0.15, 0.2) is 0 Å². The maximum atomic E-state index is 14.8. The van der Waals surface area contributed by atoms with Gasteiger partial charge >= 0.3 is 6.18 Å². The lowest BCUT2D eigenvalue weighted by Gasteiger charge is -2.12. The van der Waals surface area contributed by atoms with E-state index >= 15 is 0 Å². The lowest BCUT2D eigenvalue weighted by Crippen LogP contribution is -2.08. The minimum absolute atomic E-state index is 0.0297. The van der Waals surface area contributed by atoms with Gasteiger partial charge in [0.2, 0.25) is 0 Å². The number of ether oxygens (including phenoxy) is 1. The van der Waals surface area contributed by atoms with Gasteiger partial charge in [0.1, 0.15) is 29.0 Å². The van der Waals surface area contributed by atoms with E-state index < -0.39 is 40.6 Å². The molecule has 0 atom stereocenters. The van der Waals surface area contributed by atoms with Gasteiger partial charge in [0.05, 0.1) is 18.2 Å². The lowest BCUT2D eigenvalue weighted by molar-refractivity contribution is -0.139. The van der Waals surface area contributed by atoms with Crippen molar-refractivity contribution in [3.8, 4) is 28.0 Å². The van der Waals surface area contributed by atoms with Crippen LogP contribution in [0.25, 0.3) is 33.0 Å². The summed E-state index contributed by atoms with van der Waals surface area (Å²) < 4.78 is 101. The molecule has 0 aliphatic carbocycles. The summed E-state index contributed by atoms with van der Waals surface area (Å²) in [6.45, 7) is 0. The molecule has 164 valence electrons. The SMILES string of the molecule is COc1cc(F)c(-c2ccc(-c3ccc4c(F)c(C(F)(F)F)ccc4c3)c(F)c2)c(F)c1. The van der Waals surface area contributed by atoms with E-state index in [0.717, 1.165) is 30.3 Å². The molecule has 0 fully saturated rings. The first kappa shape index (κ1) is 21.7. The summed E-state index contributed by atoms with van der Waals surface area (Å²) in [6, 6.07) is 10.9. The van der Waals surface area contributed by atoms with E-state index in [-0.39, 0.29) is 33.2 Å². The summed E-state index contributed by atoms with van der Waals surface area (Å²) >= 11 is 0. The number of fused-ring (bicyclic) bond motifs is 1. The first-order valence-corrected chi connectivity index (χ1v) is 9.23. The number of halogens is 7. The Bertz CT molecular complexity index is 1320. The molecule has 4 aromatic rings. The number of rotatable bonds is 3. The van der Waals surface area contributed by atoms with Crippen molar-refractivity contribution >= 4 is 10.8 Å². The van der Waals surface area contributed by atoms with Gasteiger partial charge in [-0.25, -0.2) is 17.6 Å². The Hall–Kier alpha value is -3.55. The van der Waals surface area contributed by atoms with Gasteiger partial charge in [-0.2, -0.15) is 13.2 Å². The zero-order chi connectivity index (χ0) is 23.2. The maximum absolute atomic E-state index is 14.8. The Morgan fingerprint density at radius 2 is 1.34 bits per heavy atom. The highest BCUT2D eigenvalue weighted by atomic mass is 19.4. The van der Waals surface area contributed by atoms with Crippen molar-refractivity contribution in [2.45, 2.75) is 6.18 Å². The van der Waals surface area contributed by atoms with E-state index in [1.807, 2.05) is 0 Å². The average molecular weight is 450 g/mol. The quantitative estimate of drug-likeness (QED) is 0.290. The van der Waals surface area contributed by atoms with Crippen LogP contribution in [0.2, 0.25) is 0 Å². The zero-order valence-electron chi connectivity index (χ0n) is 16.3.